The second kappa shape index (κ2) is 9.59. The maximum atomic E-state index is 14.0. The Morgan fingerprint density at radius 2 is 1.51 bits per heavy atom. The van der Waals surface area contributed by atoms with E-state index in [9.17, 15) is 21.6 Å². The van der Waals surface area contributed by atoms with Crippen LogP contribution >= 0.6 is 11.6 Å². The third-order valence-corrected chi connectivity index (χ3v) is 6.68. The molecule has 0 saturated carbocycles. The first-order valence-electron chi connectivity index (χ1n) is 10.00. The van der Waals surface area contributed by atoms with Gasteiger partial charge in [-0.25, -0.2) is 18.4 Å². The van der Waals surface area contributed by atoms with Crippen molar-refractivity contribution in [3.63, 3.8) is 0 Å². The summed E-state index contributed by atoms with van der Waals surface area (Å²) in [5, 5.41) is -0.0809. The number of methoxy groups -OCH3 is 1. The van der Waals surface area contributed by atoms with Crippen molar-refractivity contribution in [3.05, 3.63) is 83.4 Å². The molecule has 1 aromatic heterocycles. The smallest absolute Gasteiger partial charge is 0.429 e. The summed E-state index contributed by atoms with van der Waals surface area (Å²) >= 11 is 6.01. The summed E-state index contributed by atoms with van der Waals surface area (Å²) < 4.78 is 80.5. The molecule has 0 bridgehead atoms. The van der Waals surface area contributed by atoms with Crippen molar-refractivity contribution in [2.75, 3.05) is 11.8 Å². The van der Waals surface area contributed by atoms with Crippen LogP contribution in [0.15, 0.2) is 77.7 Å². The molecule has 0 fully saturated rings. The SMILES string of the molecule is COc1ccc(C(Oc2nc3ccccc3nc2NS(=O)(=O)c2ccccc2Cl)C(F)(F)F)cc1. The number of rotatable bonds is 7. The van der Waals surface area contributed by atoms with Gasteiger partial charge in [-0.05, 0) is 36.4 Å². The van der Waals surface area contributed by atoms with E-state index in [0.717, 1.165) is 0 Å². The molecule has 4 aromatic rings. The number of fused-ring (bicyclic) bond motifs is 1. The Bertz CT molecular complexity index is 1470. The number of hydrogen-bond donors (Lipinski definition) is 1. The largest absolute Gasteiger partial charge is 0.497 e. The predicted octanol–water partition coefficient (Wildman–Crippen LogP) is 5.78. The van der Waals surface area contributed by atoms with Crippen LogP contribution in [-0.2, 0) is 10.0 Å². The van der Waals surface area contributed by atoms with Gasteiger partial charge in [0, 0.05) is 5.56 Å². The summed E-state index contributed by atoms with van der Waals surface area (Å²) in [6.45, 7) is 0. The highest BCUT2D eigenvalue weighted by Gasteiger charge is 2.44. The van der Waals surface area contributed by atoms with Crippen molar-refractivity contribution >= 4 is 38.5 Å². The van der Waals surface area contributed by atoms with Gasteiger partial charge in [0.2, 0.25) is 11.9 Å². The molecule has 0 aliphatic heterocycles. The maximum Gasteiger partial charge on any atom is 0.429 e. The number of para-hydroxylation sites is 2. The number of sulfonamides is 1. The topological polar surface area (TPSA) is 90.4 Å². The van der Waals surface area contributed by atoms with E-state index in [2.05, 4.69) is 14.7 Å². The fourth-order valence-electron chi connectivity index (χ4n) is 3.19. The van der Waals surface area contributed by atoms with Crippen molar-refractivity contribution < 1.29 is 31.1 Å². The molecular formula is C23H17ClF3N3O4S. The van der Waals surface area contributed by atoms with Crippen LogP contribution in [0, 0.1) is 0 Å². The van der Waals surface area contributed by atoms with Gasteiger partial charge in [-0.15, -0.1) is 0 Å². The van der Waals surface area contributed by atoms with Crippen LogP contribution in [0.2, 0.25) is 5.02 Å². The number of anilines is 1. The first-order valence-corrected chi connectivity index (χ1v) is 11.9. The normalized spacial score (nSPS) is 12.8. The summed E-state index contributed by atoms with van der Waals surface area (Å²) in [6.07, 6.45) is -7.33. The van der Waals surface area contributed by atoms with Crippen molar-refractivity contribution in [1.82, 2.24) is 9.97 Å². The lowest BCUT2D eigenvalue weighted by atomic mass is 10.1. The molecule has 35 heavy (non-hydrogen) atoms. The molecule has 1 atom stereocenters. The quantitative estimate of drug-likeness (QED) is 0.330. The fraction of sp³-hybridized carbons (Fsp3) is 0.130. The van der Waals surface area contributed by atoms with E-state index in [4.69, 9.17) is 21.1 Å². The molecule has 0 amide bonds. The van der Waals surface area contributed by atoms with Gasteiger partial charge in [-0.2, -0.15) is 13.2 Å². The van der Waals surface area contributed by atoms with Crippen LogP contribution in [0.25, 0.3) is 11.0 Å². The third kappa shape index (κ3) is 5.41. The average molecular weight is 524 g/mol. The van der Waals surface area contributed by atoms with Gasteiger partial charge in [0.1, 0.15) is 10.6 Å². The first-order chi connectivity index (χ1) is 16.6. The molecule has 0 spiro atoms. The van der Waals surface area contributed by atoms with Gasteiger partial charge in [-0.3, -0.25) is 4.72 Å². The zero-order valence-electron chi connectivity index (χ0n) is 18.0. The van der Waals surface area contributed by atoms with Crippen LogP contribution in [0.4, 0.5) is 19.0 Å². The molecule has 4 rings (SSSR count). The number of ether oxygens (including phenoxy) is 2. The van der Waals surface area contributed by atoms with Crippen molar-refractivity contribution in [3.8, 4) is 11.6 Å². The lowest BCUT2D eigenvalue weighted by Gasteiger charge is -2.23. The van der Waals surface area contributed by atoms with Crippen molar-refractivity contribution in [2.45, 2.75) is 17.2 Å². The number of benzene rings is 3. The summed E-state index contributed by atoms with van der Waals surface area (Å²) in [7, 11) is -2.96. The molecule has 0 radical (unpaired) electrons. The standard InChI is InChI=1S/C23H17ClF3N3O4S/c1-33-15-12-10-14(11-13-15)20(23(25,26)27)34-22-21(28-17-7-3-4-8-18(17)29-22)30-35(31,32)19-9-5-2-6-16(19)24/h2-13,20H,1H3,(H,28,30). The lowest BCUT2D eigenvalue weighted by Crippen LogP contribution is -2.27. The van der Waals surface area contributed by atoms with E-state index in [-0.39, 0.29) is 26.5 Å². The lowest BCUT2D eigenvalue weighted by molar-refractivity contribution is -0.198. The minimum Gasteiger partial charge on any atom is -0.497 e. The second-order valence-electron chi connectivity index (χ2n) is 7.21. The van der Waals surface area contributed by atoms with E-state index in [1.807, 2.05) is 0 Å². The summed E-state index contributed by atoms with van der Waals surface area (Å²) in [5.41, 5.74) is 0.205. The molecule has 0 aliphatic rings. The van der Waals surface area contributed by atoms with Crippen LogP contribution < -0.4 is 14.2 Å². The van der Waals surface area contributed by atoms with E-state index in [0.29, 0.717) is 5.75 Å². The molecule has 1 N–H and O–H groups in total. The van der Waals surface area contributed by atoms with E-state index in [1.165, 1.54) is 67.8 Å². The highest BCUT2D eigenvalue weighted by atomic mass is 35.5. The Morgan fingerprint density at radius 3 is 2.11 bits per heavy atom. The molecule has 7 nitrogen and oxygen atoms in total. The molecule has 1 unspecified atom stereocenters. The Kier molecular flexibility index (Phi) is 6.73. The van der Waals surface area contributed by atoms with Gasteiger partial charge in [0.25, 0.3) is 15.9 Å². The molecule has 3 aromatic carbocycles. The second-order valence-corrected chi connectivity index (χ2v) is 9.27. The fourth-order valence-corrected chi connectivity index (χ4v) is 4.71. The van der Waals surface area contributed by atoms with Crippen molar-refractivity contribution in [1.29, 1.82) is 0 Å². The monoisotopic (exact) mass is 523 g/mol. The zero-order chi connectivity index (χ0) is 25.2. The van der Waals surface area contributed by atoms with Gasteiger partial charge in [0.15, 0.2) is 0 Å². The first kappa shape index (κ1) is 24.6. The summed E-state index contributed by atoms with van der Waals surface area (Å²) in [4.78, 5) is 8.00. The highest BCUT2D eigenvalue weighted by Crippen LogP contribution is 2.39. The molecular weight excluding hydrogens is 507 g/mol. The number of nitrogens with one attached hydrogen (secondary N) is 1. The summed E-state index contributed by atoms with van der Waals surface area (Å²) in [5.74, 6) is -0.822. The van der Waals surface area contributed by atoms with Gasteiger partial charge >= 0.3 is 6.18 Å². The number of nitrogens with zero attached hydrogens (tertiary/aromatic N) is 2. The zero-order valence-corrected chi connectivity index (χ0v) is 19.5. The highest BCUT2D eigenvalue weighted by molar-refractivity contribution is 7.92. The Hall–Kier alpha value is -3.57. The number of hydrogen-bond acceptors (Lipinski definition) is 6. The third-order valence-electron chi connectivity index (χ3n) is 4.84. The van der Waals surface area contributed by atoms with E-state index in [1.54, 1.807) is 12.1 Å². The molecule has 0 saturated heterocycles. The van der Waals surface area contributed by atoms with Gasteiger partial charge in [-0.1, -0.05) is 48.0 Å². The van der Waals surface area contributed by atoms with Crippen LogP contribution in [0.3, 0.4) is 0 Å². The van der Waals surface area contributed by atoms with Crippen LogP contribution in [0.5, 0.6) is 11.6 Å². The Morgan fingerprint density at radius 1 is 0.914 bits per heavy atom. The number of alkyl halides is 3. The van der Waals surface area contributed by atoms with Crippen LogP contribution in [-0.4, -0.2) is 31.7 Å². The van der Waals surface area contributed by atoms with Crippen LogP contribution in [0.1, 0.15) is 11.7 Å². The van der Waals surface area contributed by atoms with Gasteiger partial charge in [0.05, 0.1) is 23.2 Å². The Balaban J connectivity index is 1.81. The van der Waals surface area contributed by atoms with E-state index >= 15 is 0 Å². The molecule has 0 aliphatic carbocycles. The minimum atomic E-state index is -4.86. The van der Waals surface area contributed by atoms with E-state index < -0.39 is 34.0 Å². The molecule has 12 heteroatoms. The maximum absolute atomic E-state index is 14.0. The number of halogens is 4. The summed E-state index contributed by atoms with van der Waals surface area (Å²) in [6, 6.07) is 17.0. The molecule has 182 valence electrons. The van der Waals surface area contributed by atoms with Crippen molar-refractivity contribution in [2.24, 2.45) is 0 Å². The average Bonchev–Trinajstić information content (AvgIpc) is 2.82. The minimum absolute atomic E-state index is 0.0809. The van der Waals surface area contributed by atoms with Gasteiger partial charge < -0.3 is 9.47 Å². The molecule has 1 heterocycles. The predicted molar refractivity (Wildman–Crippen MR) is 124 cm³/mol. The number of aromatic nitrogens is 2. The Labute approximate surface area is 203 Å².